The molecule has 0 fully saturated rings. The number of carbonyl (C=O) groups is 1. The summed E-state index contributed by atoms with van der Waals surface area (Å²) in [5, 5.41) is 6.44. The van der Waals surface area contributed by atoms with Gasteiger partial charge in [-0.1, -0.05) is 30.3 Å². The third kappa shape index (κ3) is 3.83. The summed E-state index contributed by atoms with van der Waals surface area (Å²) in [5.74, 6) is -0.243. The molecule has 168 valence electrons. The average molecular weight is 442 g/mol. The number of nitrogens with one attached hydrogen (secondary N) is 2. The molecule has 2 aliphatic heterocycles. The van der Waals surface area contributed by atoms with E-state index in [0.717, 1.165) is 69.8 Å². The van der Waals surface area contributed by atoms with E-state index in [0.29, 0.717) is 6.54 Å². The fourth-order valence-corrected chi connectivity index (χ4v) is 5.01. The molecular formula is C28H28FN3O. The summed E-state index contributed by atoms with van der Waals surface area (Å²) in [6, 6.07) is 15.2. The average Bonchev–Trinajstić information content (AvgIpc) is 2.80. The minimum atomic E-state index is -0.243. The van der Waals surface area contributed by atoms with Crippen molar-refractivity contribution in [3.05, 3.63) is 88.2 Å². The Morgan fingerprint density at radius 1 is 0.939 bits per heavy atom. The Morgan fingerprint density at radius 2 is 1.73 bits per heavy atom. The number of amides is 2. The Kier molecular flexibility index (Phi) is 5.51. The molecule has 0 radical (unpaired) electrons. The van der Waals surface area contributed by atoms with E-state index in [2.05, 4.69) is 28.8 Å². The van der Waals surface area contributed by atoms with Gasteiger partial charge in [0.05, 0.1) is 11.4 Å². The van der Waals surface area contributed by atoms with Gasteiger partial charge in [0.1, 0.15) is 5.82 Å². The van der Waals surface area contributed by atoms with Crippen molar-refractivity contribution >= 4 is 23.0 Å². The molecule has 0 spiro atoms. The van der Waals surface area contributed by atoms with Gasteiger partial charge in [-0.25, -0.2) is 9.18 Å². The van der Waals surface area contributed by atoms with Crippen molar-refractivity contribution in [2.45, 2.75) is 33.7 Å². The predicted molar refractivity (Wildman–Crippen MR) is 132 cm³/mol. The SMILES string of the molecule is Cc1cc(F)ccc1-c1cc(C2=CCNCC2)cc2c1CNC(=O)N2c1c(C)cccc1C. The molecule has 0 aliphatic carbocycles. The van der Waals surface area contributed by atoms with Gasteiger partial charge in [-0.15, -0.1) is 0 Å². The number of hydrogen-bond acceptors (Lipinski definition) is 2. The van der Waals surface area contributed by atoms with Gasteiger partial charge in [0.2, 0.25) is 0 Å². The Labute approximate surface area is 194 Å². The summed E-state index contributed by atoms with van der Waals surface area (Å²) in [5.41, 5.74) is 10.2. The number of hydrogen-bond donors (Lipinski definition) is 2. The first kappa shape index (κ1) is 21.4. The fourth-order valence-electron chi connectivity index (χ4n) is 5.01. The maximum absolute atomic E-state index is 13.9. The fraction of sp³-hybridized carbons (Fsp3) is 0.250. The Bertz CT molecular complexity index is 1270. The van der Waals surface area contributed by atoms with Crippen LogP contribution >= 0.6 is 0 Å². The molecule has 5 rings (SSSR count). The van der Waals surface area contributed by atoms with Crippen molar-refractivity contribution in [1.82, 2.24) is 10.6 Å². The Hall–Kier alpha value is -3.44. The summed E-state index contributed by atoms with van der Waals surface area (Å²) < 4.78 is 13.9. The number of benzene rings is 3. The van der Waals surface area contributed by atoms with Crippen molar-refractivity contribution in [3.63, 3.8) is 0 Å². The number of para-hydroxylation sites is 1. The van der Waals surface area contributed by atoms with Crippen LogP contribution in [-0.4, -0.2) is 19.1 Å². The van der Waals surface area contributed by atoms with Gasteiger partial charge in [-0.2, -0.15) is 0 Å². The lowest BCUT2D eigenvalue weighted by Gasteiger charge is -2.34. The van der Waals surface area contributed by atoms with Gasteiger partial charge >= 0.3 is 6.03 Å². The van der Waals surface area contributed by atoms with Crippen LogP contribution in [0, 0.1) is 26.6 Å². The number of carbonyl (C=O) groups excluding carboxylic acids is 1. The standard InChI is InChI=1S/C28H28FN3O/c1-17-5-4-6-18(2)27(17)32-26-15-21(20-9-11-30-12-10-20)14-24(25(26)16-31-28(32)33)23-8-7-22(29)13-19(23)3/h4-9,13-15,30H,10-12,16H2,1-3H3,(H,31,33). The maximum Gasteiger partial charge on any atom is 0.326 e. The number of anilines is 2. The van der Waals surface area contributed by atoms with E-state index >= 15 is 0 Å². The van der Waals surface area contributed by atoms with Gasteiger partial charge < -0.3 is 10.6 Å². The number of halogens is 1. The first-order valence-corrected chi connectivity index (χ1v) is 11.4. The van der Waals surface area contributed by atoms with Crippen LogP contribution in [0.25, 0.3) is 16.7 Å². The monoisotopic (exact) mass is 441 g/mol. The maximum atomic E-state index is 13.9. The topological polar surface area (TPSA) is 44.4 Å². The van der Waals surface area contributed by atoms with Crippen molar-refractivity contribution in [2.75, 3.05) is 18.0 Å². The largest absolute Gasteiger partial charge is 0.333 e. The first-order valence-electron chi connectivity index (χ1n) is 11.4. The highest BCUT2D eigenvalue weighted by Crippen LogP contribution is 2.43. The number of nitrogens with zero attached hydrogens (tertiary/aromatic N) is 1. The van der Waals surface area contributed by atoms with Gasteiger partial charge in [0, 0.05) is 18.7 Å². The van der Waals surface area contributed by atoms with E-state index < -0.39 is 0 Å². The van der Waals surface area contributed by atoms with Crippen molar-refractivity contribution < 1.29 is 9.18 Å². The van der Waals surface area contributed by atoms with Gasteiger partial charge in [-0.05, 0) is 97.0 Å². The zero-order valence-electron chi connectivity index (χ0n) is 19.3. The lowest BCUT2D eigenvalue weighted by Crippen LogP contribution is -2.42. The summed E-state index contributed by atoms with van der Waals surface area (Å²) in [6.07, 6.45) is 3.15. The number of urea groups is 1. The molecule has 4 nitrogen and oxygen atoms in total. The Morgan fingerprint density at radius 3 is 2.42 bits per heavy atom. The van der Waals surface area contributed by atoms with Crippen LogP contribution < -0.4 is 15.5 Å². The molecule has 0 saturated carbocycles. The second-order valence-corrected chi connectivity index (χ2v) is 8.90. The quantitative estimate of drug-likeness (QED) is 0.512. The zero-order chi connectivity index (χ0) is 23.1. The lowest BCUT2D eigenvalue weighted by atomic mass is 9.88. The molecule has 2 heterocycles. The number of rotatable bonds is 3. The third-order valence-electron chi connectivity index (χ3n) is 6.66. The molecule has 2 N–H and O–H groups in total. The van der Waals surface area contributed by atoms with E-state index in [1.165, 1.54) is 11.6 Å². The van der Waals surface area contributed by atoms with Crippen LogP contribution in [0.5, 0.6) is 0 Å². The molecule has 2 amide bonds. The Balaban J connectivity index is 1.80. The minimum absolute atomic E-state index is 0.127. The lowest BCUT2D eigenvalue weighted by molar-refractivity contribution is 0.247. The number of fused-ring (bicyclic) bond motifs is 1. The van der Waals surface area contributed by atoms with E-state index in [1.54, 1.807) is 6.07 Å². The molecule has 0 saturated heterocycles. The van der Waals surface area contributed by atoms with E-state index in [-0.39, 0.29) is 11.8 Å². The molecule has 3 aromatic rings. The van der Waals surface area contributed by atoms with Crippen LogP contribution in [0.2, 0.25) is 0 Å². The van der Waals surface area contributed by atoms with Crippen LogP contribution in [0.1, 0.15) is 34.2 Å². The second kappa shape index (κ2) is 8.49. The van der Waals surface area contributed by atoms with Crippen LogP contribution in [-0.2, 0) is 6.54 Å². The van der Waals surface area contributed by atoms with Gasteiger partial charge in [0.15, 0.2) is 0 Å². The molecular weight excluding hydrogens is 413 g/mol. The molecule has 0 aromatic heterocycles. The van der Waals surface area contributed by atoms with Crippen molar-refractivity contribution in [1.29, 1.82) is 0 Å². The molecule has 5 heteroatoms. The predicted octanol–water partition coefficient (Wildman–Crippen LogP) is 6.16. The summed E-state index contributed by atoms with van der Waals surface area (Å²) in [4.78, 5) is 15.1. The van der Waals surface area contributed by atoms with E-state index in [9.17, 15) is 9.18 Å². The van der Waals surface area contributed by atoms with Gasteiger partial charge in [0.25, 0.3) is 0 Å². The molecule has 0 atom stereocenters. The molecule has 2 aliphatic rings. The summed E-state index contributed by atoms with van der Waals surface area (Å²) in [7, 11) is 0. The highest BCUT2D eigenvalue weighted by atomic mass is 19.1. The van der Waals surface area contributed by atoms with Crippen molar-refractivity contribution in [3.8, 4) is 11.1 Å². The zero-order valence-corrected chi connectivity index (χ0v) is 19.3. The van der Waals surface area contributed by atoms with E-state index in [1.807, 2.05) is 49.9 Å². The molecule has 0 bridgehead atoms. The third-order valence-corrected chi connectivity index (χ3v) is 6.66. The highest BCUT2D eigenvalue weighted by molar-refractivity contribution is 6.05. The summed E-state index contributed by atoms with van der Waals surface area (Å²) >= 11 is 0. The van der Waals surface area contributed by atoms with Gasteiger partial charge in [-0.3, -0.25) is 4.90 Å². The molecule has 3 aromatic carbocycles. The van der Waals surface area contributed by atoms with Crippen LogP contribution in [0.4, 0.5) is 20.6 Å². The minimum Gasteiger partial charge on any atom is -0.333 e. The second-order valence-electron chi connectivity index (χ2n) is 8.90. The van der Waals surface area contributed by atoms with Crippen LogP contribution in [0.3, 0.4) is 0 Å². The summed E-state index contributed by atoms with van der Waals surface area (Å²) in [6.45, 7) is 8.20. The molecule has 0 unspecified atom stereocenters. The smallest absolute Gasteiger partial charge is 0.326 e. The number of aryl methyl sites for hydroxylation is 3. The first-order chi connectivity index (χ1) is 15.9. The van der Waals surface area contributed by atoms with Crippen molar-refractivity contribution in [2.24, 2.45) is 0 Å². The molecule has 33 heavy (non-hydrogen) atoms. The van der Waals surface area contributed by atoms with Crippen LogP contribution in [0.15, 0.2) is 54.6 Å². The normalized spacial score (nSPS) is 15.7. The highest BCUT2D eigenvalue weighted by Gasteiger charge is 2.30. The van der Waals surface area contributed by atoms with E-state index in [4.69, 9.17) is 0 Å².